The van der Waals surface area contributed by atoms with Gasteiger partial charge in [0.2, 0.25) is 0 Å². The van der Waals surface area contributed by atoms with Gasteiger partial charge in [0.05, 0.1) is 5.69 Å². The van der Waals surface area contributed by atoms with Crippen LogP contribution in [0.5, 0.6) is 0 Å². The Hall–Kier alpha value is -7.16. The lowest BCUT2D eigenvalue weighted by atomic mass is 9.93. The third kappa shape index (κ3) is 5.62. The van der Waals surface area contributed by atoms with Gasteiger partial charge >= 0.3 is 0 Å². The Kier molecular flexibility index (Phi) is 7.85. The summed E-state index contributed by atoms with van der Waals surface area (Å²) in [6, 6.07) is 75.8. The van der Waals surface area contributed by atoms with Crippen molar-refractivity contribution in [3.8, 4) is 44.5 Å². The highest BCUT2D eigenvalue weighted by Crippen LogP contribution is 2.45. The lowest BCUT2D eigenvalue weighted by Gasteiger charge is -2.27. The Balaban J connectivity index is 1.10. The zero-order chi connectivity index (χ0) is 35.8. The number of anilines is 3. The molecule has 0 radical (unpaired) electrons. The standard InChI is InChI=1S/C52H35NO/c1-3-13-38(14-4-1)46-34-33-43(35-49(46)40-15-5-2-6-16-40)53(50-23-12-22-48-47-20-9-10-24-51(47)54-52(48)50)42-31-29-37(30-32-42)36-25-27-41(28-26-36)45-21-11-18-39-17-7-8-19-44(39)45/h1-35H. The van der Waals surface area contributed by atoms with Crippen LogP contribution in [0.3, 0.4) is 0 Å². The normalized spacial score (nSPS) is 11.3. The highest BCUT2D eigenvalue weighted by atomic mass is 16.3. The van der Waals surface area contributed by atoms with E-state index in [-0.39, 0.29) is 0 Å². The van der Waals surface area contributed by atoms with E-state index in [4.69, 9.17) is 4.42 Å². The summed E-state index contributed by atoms with van der Waals surface area (Å²) in [5.74, 6) is 0. The van der Waals surface area contributed by atoms with Crippen LogP contribution in [0.25, 0.3) is 77.2 Å². The first-order chi connectivity index (χ1) is 26.8. The zero-order valence-corrected chi connectivity index (χ0v) is 29.6. The predicted molar refractivity (Wildman–Crippen MR) is 228 cm³/mol. The minimum atomic E-state index is 0.861. The summed E-state index contributed by atoms with van der Waals surface area (Å²) >= 11 is 0. The van der Waals surface area contributed by atoms with Crippen LogP contribution in [-0.2, 0) is 0 Å². The number of furan rings is 1. The summed E-state index contributed by atoms with van der Waals surface area (Å²) in [5, 5.41) is 4.73. The van der Waals surface area contributed by atoms with E-state index in [1.165, 1.54) is 49.7 Å². The molecule has 0 fully saturated rings. The Morgan fingerprint density at radius 2 is 0.852 bits per heavy atom. The second-order valence-corrected chi connectivity index (χ2v) is 13.7. The first kappa shape index (κ1) is 31.6. The van der Waals surface area contributed by atoms with Gasteiger partial charge in [0.1, 0.15) is 5.58 Å². The fourth-order valence-electron chi connectivity index (χ4n) is 7.86. The summed E-state index contributed by atoms with van der Waals surface area (Å²) in [4.78, 5) is 2.33. The van der Waals surface area contributed by atoms with E-state index in [9.17, 15) is 0 Å². The van der Waals surface area contributed by atoms with Gasteiger partial charge in [-0.15, -0.1) is 0 Å². The van der Waals surface area contributed by atoms with Crippen LogP contribution in [0, 0.1) is 0 Å². The average molecular weight is 690 g/mol. The van der Waals surface area contributed by atoms with Crippen LogP contribution in [-0.4, -0.2) is 0 Å². The van der Waals surface area contributed by atoms with Gasteiger partial charge in [-0.1, -0.05) is 176 Å². The Labute approximate surface area is 314 Å². The van der Waals surface area contributed by atoms with Crippen molar-refractivity contribution in [2.24, 2.45) is 0 Å². The smallest absolute Gasteiger partial charge is 0.159 e. The first-order valence-corrected chi connectivity index (χ1v) is 18.4. The second-order valence-electron chi connectivity index (χ2n) is 13.7. The molecule has 0 N–H and O–H groups in total. The van der Waals surface area contributed by atoms with Crippen LogP contribution < -0.4 is 4.90 Å². The molecule has 0 aliphatic heterocycles. The Morgan fingerprint density at radius 1 is 0.315 bits per heavy atom. The highest BCUT2D eigenvalue weighted by Gasteiger charge is 2.21. The van der Waals surface area contributed by atoms with Crippen molar-refractivity contribution in [3.05, 3.63) is 212 Å². The molecule has 2 heteroatoms. The van der Waals surface area contributed by atoms with Crippen LogP contribution >= 0.6 is 0 Å². The molecule has 9 aromatic carbocycles. The summed E-state index contributed by atoms with van der Waals surface area (Å²) in [6.45, 7) is 0. The van der Waals surface area contributed by atoms with E-state index in [1.54, 1.807) is 0 Å². The zero-order valence-electron chi connectivity index (χ0n) is 29.6. The topological polar surface area (TPSA) is 16.4 Å². The molecule has 0 saturated heterocycles. The Bertz CT molecular complexity index is 2900. The maximum absolute atomic E-state index is 6.64. The second kappa shape index (κ2) is 13.4. The fraction of sp³-hybridized carbons (Fsp3) is 0. The Morgan fingerprint density at radius 3 is 1.61 bits per heavy atom. The number of hydrogen-bond donors (Lipinski definition) is 0. The molecule has 1 aromatic heterocycles. The van der Waals surface area contributed by atoms with E-state index in [2.05, 4.69) is 205 Å². The molecular formula is C52H35NO. The van der Waals surface area contributed by atoms with Gasteiger partial charge in [-0.05, 0) is 91.7 Å². The van der Waals surface area contributed by atoms with Crippen LogP contribution in [0.4, 0.5) is 17.1 Å². The molecule has 0 unspecified atom stereocenters. The summed E-state index contributed by atoms with van der Waals surface area (Å²) < 4.78 is 6.64. The number of benzene rings is 9. The van der Waals surface area contributed by atoms with Gasteiger partial charge in [0, 0.05) is 22.1 Å². The summed E-state index contributed by atoms with van der Waals surface area (Å²) in [7, 11) is 0. The summed E-state index contributed by atoms with van der Waals surface area (Å²) in [5.41, 5.74) is 14.3. The highest BCUT2D eigenvalue weighted by molar-refractivity contribution is 6.10. The van der Waals surface area contributed by atoms with Gasteiger partial charge in [-0.3, -0.25) is 0 Å². The maximum Gasteiger partial charge on any atom is 0.159 e. The minimum absolute atomic E-state index is 0.861. The molecule has 0 aliphatic rings. The third-order valence-electron chi connectivity index (χ3n) is 10.5. The van der Waals surface area contributed by atoms with Gasteiger partial charge in [0.25, 0.3) is 0 Å². The molecule has 0 bridgehead atoms. The number of nitrogens with zero attached hydrogens (tertiary/aromatic N) is 1. The molecule has 2 nitrogen and oxygen atoms in total. The van der Waals surface area contributed by atoms with E-state index >= 15 is 0 Å². The molecule has 0 atom stereocenters. The number of para-hydroxylation sites is 2. The van der Waals surface area contributed by atoms with Crippen molar-refractivity contribution in [1.29, 1.82) is 0 Å². The molecular weight excluding hydrogens is 655 g/mol. The van der Waals surface area contributed by atoms with E-state index in [1.807, 2.05) is 12.1 Å². The lowest BCUT2D eigenvalue weighted by Crippen LogP contribution is -2.10. The van der Waals surface area contributed by atoms with Crippen LogP contribution in [0.1, 0.15) is 0 Å². The molecule has 0 spiro atoms. The van der Waals surface area contributed by atoms with E-state index in [0.717, 1.165) is 44.6 Å². The minimum Gasteiger partial charge on any atom is -0.454 e. The molecule has 10 aromatic rings. The SMILES string of the molecule is c1ccc(-c2ccc(N(c3ccc(-c4ccc(-c5cccc6ccccc56)cc4)cc3)c3cccc4c3oc3ccccc34)cc2-c2ccccc2)cc1. The van der Waals surface area contributed by atoms with Crippen molar-refractivity contribution < 1.29 is 4.42 Å². The third-order valence-corrected chi connectivity index (χ3v) is 10.5. The van der Waals surface area contributed by atoms with E-state index in [0.29, 0.717) is 0 Å². The predicted octanol–water partition coefficient (Wildman–Crippen LogP) is 14.9. The number of rotatable bonds is 7. The van der Waals surface area contributed by atoms with Gasteiger partial charge < -0.3 is 9.32 Å². The van der Waals surface area contributed by atoms with Crippen LogP contribution in [0.2, 0.25) is 0 Å². The molecule has 0 aliphatic carbocycles. The molecule has 1 heterocycles. The lowest BCUT2D eigenvalue weighted by molar-refractivity contribution is 0.669. The summed E-state index contributed by atoms with van der Waals surface area (Å²) in [6.07, 6.45) is 0. The molecule has 10 rings (SSSR count). The first-order valence-electron chi connectivity index (χ1n) is 18.4. The molecule has 0 amide bonds. The number of fused-ring (bicyclic) bond motifs is 4. The quantitative estimate of drug-likeness (QED) is 0.166. The average Bonchev–Trinajstić information content (AvgIpc) is 3.64. The molecule has 54 heavy (non-hydrogen) atoms. The fourth-order valence-corrected chi connectivity index (χ4v) is 7.86. The van der Waals surface area contributed by atoms with Gasteiger partial charge in [-0.2, -0.15) is 0 Å². The molecule has 0 saturated carbocycles. The van der Waals surface area contributed by atoms with Crippen molar-refractivity contribution in [3.63, 3.8) is 0 Å². The monoisotopic (exact) mass is 689 g/mol. The van der Waals surface area contributed by atoms with Gasteiger partial charge in [-0.25, -0.2) is 0 Å². The van der Waals surface area contributed by atoms with Crippen molar-refractivity contribution in [1.82, 2.24) is 0 Å². The maximum atomic E-state index is 6.64. The molecule has 254 valence electrons. The largest absolute Gasteiger partial charge is 0.454 e. The van der Waals surface area contributed by atoms with Crippen molar-refractivity contribution >= 4 is 49.8 Å². The van der Waals surface area contributed by atoms with Gasteiger partial charge in [0.15, 0.2) is 5.58 Å². The van der Waals surface area contributed by atoms with E-state index < -0.39 is 0 Å². The van der Waals surface area contributed by atoms with Crippen LogP contribution in [0.15, 0.2) is 217 Å². The van der Waals surface area contributed by atoms with Crippen molar-refractivity contribution in [2.45, 2.75) is 0 Å². The number of hydrogen-bond acceptors (Lipinski definition) is 2. The van der Waals surface area contributed by atoms with Crippen molar-refractivity contribution in [2.75, 3.05) is 4.90 Å².